The number of aromatic nitrogens is 4. The lowest BCUT2D eigenvalue weighted by molar-refractivity contribution is -0.125. The molecule has 0 saturated carbocycles. The average molecular weight is 371 g/mol. The van der Waals surface area contributed by atoms with Crippen molar-refractivity contribution in [2.45, 2.75) is 38.9 Å². The molecule has 0 radical (unpaired) electrons. The van der Waals surface area contributed by atoms with Crippen molar-refractivity contribution in [2.75, 3.05) is 13.1 Å². The minimum absolute atomic E-state index is 0.0182. The van der Waals surface area contributed by atoms with Gasteiger partial charge in [0, 0.05) is 56.9 Å². The minimum atomic E-state index is -0.295. The van der Waals surface area contributed by atoms with Crippen molar-refractivity contribution in [3.8, 4) is 0 Å². The van der Waals surface area contributed by atoms with Crippen LogP contribution in [0.15, 0.2) is 24.8 Å². The van der Waals surface area contributed by atoms with E-state index in [4.69, 9.17) is 0 Å². The number of carbonyl (C=O) groups excluding carboxylic acids is 2. The predicted octanol–water partition coefficient (Wildman–Crippen LogP) is 0.0275. The standard InChI is InChI=1S/C18H25N7O2/c1-4-20-18(27)16-7-14(22-17(26)15-8-19-5-6-21-15)11-25(16)10-13-9-24(3)23-12(13)2/h5-6,8-9,14,16H,4,7,10-11H2,1-3H3,(H,20,27)(H,22,26)/t14-,16+/m1/s1. The third kappa shape index (κ3) is 4.48. The van der Waals surface area contributed by atoms with Gasteiger partial charge in [-0.3, -0.25) is 24.2 Å². The number of likely N-dealkylation sites (tertiary alicyclic amines) is 1. The SMILES string of the molecule is CCNC(=O)[C@@H]1C[C@@H](NC(=O)c2cnccn2)CN1Cc1cn(C)nc1C. The van der Waals surface area contributed by atoms with Crippen LogP contribution in [-0.4, -0.2) is 61.6 Å². The highest BCUT2D eigenvalue weighted by molar-refractivity contribution is 5.92. The minimum Gasteiger partial charge on any atom is -0.355 e. The summed E-state index contributed by atoms with van der Waals surface area (Å²) in [4.78, 5) is 35.0. The molecule has 144 valence electrons. The fourth-order valence-electron chi connectivity index (χ4n) is 3.45. The topological polar surface area (TPSA) is 105 Å². The largest absolute Gasteiger partial charge is 0.355 e. The fraction of sp³-hybridized carbons (Fsp3) is 0.500. The highest BCUT2D eigenvalue weighted by Gasteiger charge is 2.37. The van der Waals surface area contributed by atoms with Crippen molar-refractivity contribution in [2.24, 2.45) is 7.05 Å². The van der Waals surface area contributed by atoms with E-state index in [2.05, 4.69) is 30.6 Å². The molecule has 1 aliphatic heterocycles. The summed E-state index contributed by atoms with van der Waals surface area (Å²) in [6.45, 7) is 5.63. The molecule has 0 spiro atoms. The number of nitrogens with one attached hydrogen (secondary N) is 2. The van der Waals surface area contributed by atoms with Crippen LogP contribution >= 0.6 is 0 Å². The van der Waals surface area contributed by atoms with Gasteiger partial charge in [-0.25, -0.2) is 4.98 Å². The Balaban J connectivity index is 1.71. The molecule has 27 heavy (non-hydrogen) atoms. The summed E-state index contributed by atoms with van der Waals surface area (Å²) in [5.41, 5.74) is 2.29. The Morgan fingerprint density at radius 1 is 1.33 bits per heavy atom. The molecule has 9 heteroatoms. The second-order valence-electron chi connectivity index (χ2n) is 6.75. The Labute approximate surface area is 158 Å². The van der Waals surface area contributed by atoms with E-state index in [0.717, 1.165) is 11.3 Å². The summed E-state index contributed by atoms with van der Waals surface area (Å²) in [5.74, 6) is -0.294. The first-order valence-electron chi connectivity index (χ1n) is 9.05. The van der Waals surface area contributed by atoms with E-state index in [1.165, 1.54) is 18.6 Å². The molecule has 2 aromatic heterocycles. The van der Waals surface area contributed by atoms with Crippen molar-refractivity contribution in [1.29, 1.82) is 0 Å². The van der Waals surface area contributed by atoms with Gasteiger partial charge in [0.05, 0.1) is 17.9 Å². The van der Waals surface area contributed by atoms with Gasteiger partial charge in [0.15, 0.2) is 0 Å². The highest BCUT2D eigenvalue weighted by atomic mass is 16.2. The van der Waals surface area contributed by atoms with Crippen LogP contribution in [0.2, 0.25) is 0 Å². The van der Waals surface area contributed by atoms with Gasteiger partial charge in [0.1, 0.15) is 5.69 Å². The van der Waals surface area contributed by atoms with Gasteiger partial charge < -0.3 is 10.6 Å². The summed E-state index contributed by atoms with van der Waals surface area (Å²) >= 11 is 0. The van der Waals surface area contributed by atoms with Gasteiger partial charge in [-0.2, -0.15) is 5.10 Å². The van der Waals surface area contributed by atoms with Crippen LogP contribution in [0.4, 0.5) is 0 Å². The summed E-state index contributed by atoms with van der Waals surface area (Å²) in [7, 11) is 1.88. The lowest BCUT2D eigenvalue weighted by atomic mass is 10.1. The molecule has 0 unspecified atom stereocenters. The number of likely N-dealkylation sites (N-methyl/N-ethyl adjacent to an activating group) is 1. The van der Waals surface area contributed by atoms with E-state index >= 15 is 0 Å². The molecule has 2 aromatic rings. The fourth-order valence-corrected chi connectivity index (χ4v) is 3.45. The van der Waals surface area contributed by atoms with E-state index in [0.29, 0.717) is 26.1 Å². The molecule has 0 aromatic carbocycles. The molecule has 3 rings (SSSR count). The molecule has 2 atom stereocenters. The lowest BCUT2D eigenvalue weighted by Crippen LogP contribution is -2.42. The van der Waals surface area contributed by atoms with Crippen molar-refractivity contribution < 1.29 is 9.59 Å². The van der Waals surface area contributed by atoms with Gasteiger partial charge in [-0.05, 0) is 20.3 Å². The summed E-state index contributed by atoms with van der Waals surface area (Å²) in [6.07, 6.45) is 6.96. The maximum Gasteiger partial charge on any atom is 0.271 e. The summed E-state index contributed by atoms with van der Waals surface area (Å²) in [5, 5.41) is 10.2. The van der Waals surface area contributed by atoms with Gasteiger partial charge in [0.2, 0.25) is 5.91 Å². The van der Waals surface area contributed by atoms with E-state index in [-0.39, 0.29) is 29.6 Å². The normalized spacial score (nSPS) is 19.8. The van der Waals surface area contributed by atoms with Crippen molar-refractivity contribution >= 4 is 11.8 Å². The molecular formula is C18H25N7O2. The Morgan fingerprint density at radius 3 is 2.78 bits per heavy atom. The third-order valence-electron chi connectivity index (χ3n) is 4.68. The maximum atomic E-state index is 12.5. The predicted molar refractivity (Wildman–Crippen MR) is 98.7 cm³/mol. The first kappa shape index (κ1) is 19.0. The van der Waals surface area contributed by atoms with Crippen LogP contribution in [0.3, 0.4) is 0 Å². The van der Waals surface area contributed by atoms with Crippen LogP contribution in [0.25, 0.3) is 0 Å². The smallest absolute Gasteiger partial charge is 0.271 e. The second-order valence-corrected chi connectivity index (χ2v) is 6.75. The Bertz CT molecular complexity index is 805. The monoisotopic (exact) mass is 371 g/mol. The zero-order valence-corrected chi connectivity index (χ0v) is 15.8. The maximum absolute atomic E-state index is 12.5. The van der Waals surface area contributed by atoms with E-state index in [9.17, 15) is 9.59 Å². The molecule has 1 saturated heterocycles. The molecule has 3 heterocycles. The first-order chi connectivity index (χ1) is 13.0. The van der Waals surface area contributed by atoms with Crippen molar-refractivity contribution in [3.05, 3.63) is 41.7 Å². The molecule has 0 aliphatic carbocycles. The van der Waals surface area contributed by atoms with Crippen LogP contribution in [0.5, 0.6) is 0 Å². The quantitative estimate of drug-likeness (QED) is 0.742. The molecule has 0 bridgehead atoms. The molecule has 2 amide bonds. The zero-order valence-electron chi connectivity index (χ0n) is 15.8. The molecule has 2 N–H and O–H groups in total. The molecule has 1 aliphatic rings. The Morgan fingerprint density at radius 2 is 2.15 bits per heavy atom. The average Bonchev–Trinajstić information content (AvgIpc) is 3.18. The van der Waals surface area contributed by atoms with Crippen LogP contribution in [0, 0.1) is 6.92 Å². The van der Waals surface area contributed by atoms with E-state index < -0.39 is 0 Å². The molecular weight excluding hydrogens is 346 g/mol. The van der Waals surface area contributed by atoms with Gasteiger partial charge in [0.25, 0.3) is 5.91 Å². The van der Waals surface area contributed by atoms with Crippen molar-refractivity contribution in [1.82, 2.24) is 35.3 Å². The molecule has 9 nitrogen and oxygen atoms in total. The lowest BCUT2D eigenvalue weighted by Gasteiger charge is -2.22. The van der Waals surface area contributed by atoms with Gasteiger partial charge >= 0.3 is 0 Å². The third-order valence-corrected chi connectivity index (χ3v) is 4.68. The number of amides is 2. The van der Waals surface area contributed by atoms with Crippen LogP contribution in [0.1, 0.15) is 35.1 Å². The number of rotatable bonds is 6. The zero-order chi connectivity index (χ0) is 19.4. The number of hydrogen-bond donors (Lipinski definition) is 2. The van der Waals surface area contributed by atoms with Gasteiger partial charge in [-0.1, -0.05) is 0 Å². The van der Waals surface area contributed by atoms with Gasteiger partial charge in [-0.15, -0.1) is 0 Å². The van der Waals surface area contributed by atoms with E-state index in [1.807, 2.05) is 27.1 Å². The van der Waals surface area contributed by atoms with Crippen LogP contribution < -0.4 is 10.6 Å². The van der Waals surface area contributed by atoms with Crippen molar-refractivity contribution in [3.63, 3.8) is 0 Å². The number of hydrogen-bond acceptors (Lipinski definition) is 6. The summed E-state index contributed by atoms with van der Waals surface area (Å²) < 4.78 is 1.77. The highest BCUT2D eigenvalue weighted by Crippen LogP contribution is 2.22. The number of carbonyl (C=O) groups is 2. The number of aryl methyl sites for hydroxylation is 2. The second kappa shape index (κ2) is 8.26. The Hall–Kier alpha value is -2.81. The number of nitrogens with zero attached hydrogens (tertiary/aromatic N) is 5. The van der Waals surface area contributed by atoms with E-state index in [1.54, 1.807) is 4.68 Å². The Kier molecular flexibility index (Phi) is 5.80. The first-order valence-corrected chi connectivity index (χ1v) is 9.05. The summed E-state index contributed by atoms with van der Waals surface area (Å²) in [6, 6.07) is -0.430. The van der Waals surface area contributed by atoms with Crippen LogP contribution in [-0.2, 0) is 18.4 Å². The molecule has 1 fully saturated rings.